The van der Waals surface area contributed by atoms with Gasteiger partial charge in [-0.2, -0.15) is 0 Å². The molecule has 50 heavy (non-hydrogen) atoms. The zero-order chi connectivity index (χ0) is 34.4. The van der Waals surface area contributed by atoms with E-state index in [1.54, 1.807) is 21.9 Å². The van der Waals surface area contributed by atoms with Crippen molar-refractivity contribution in [3.05, 3.63) is 166 Å². The predicted molar refractivity (Wildman–Crippen MR) is 188 cm³/mol. The Bertz CT molecular complexity index is 2150. The zero-order valence-electron chi connectivity index (χ0n) is 27.3. The van der Waals surface area contributed by atoms with Gasteiger partial charge >= 0.3 is 5.97 Å². The van der Waals surface area contributed by atoms with Crippen LogP contribution >= 0.6 is 0 Å². The Morgan fingerprint density at radius 2 is 1.40 bits per heavy atom. The molecule has 1 aliphatic carbocycles. The van der Waals surface area contributed by atoms with Crippen molar-refractivity contribution in [3.63, 3.8) is 0 Å². The number of hydrogen-bond acceptors (Lipinski definition) is 4. The van der Waals surface area contributed by atoms with Crippen molar-refractivity contribution in [1.82, 2.24) is 15.1 Å². The van der Waals surface area contributed by atoms with Crippen LogP contribution in [0.4, 0.5) is 0 Å². The molecule has 0 saturated carbocycles. The minimum absolute atomic E-state index is 0.116. The number of carboxylic acid groups (broad SMARTS) is 1. The summed E-state index contributed by atoms with van der Waals surface area (Å²) < 4.78 is 0. The van der Waals surface area contributed by atoms with Crippen LogP contribution in [0.5, 0.6) is 0 Å². The van der Waals surface area contributed by atoms with Gasteiger partial charge in [0.1, 0.15) is 18.1 Å². The average molecular weight is 662 g/mol. The van der Waals surface area contributed by atoms with Crippen LogP contribution in [-0.2, 0) is 46.7 Å². The molecule has 0 bridgehead atoms. The van der Waals surface area contributed by atoms with Gasteiger partial charge in [-0.3, -0.25) is 14.4 Å². The zero-order valence-corrected chi connectivity index (χ0v) is 27.3. The van der Waals surface area contributed by atoms with Crippen LogP contribution in [-0.4, -0.2) is 50.7 Å². The normalized spacial score (nSPS) is 18.1. The van der Waals surface area contributed by atoms with Crippen LogP contribution in [0.3, 0.4) is 0 Å². The summed E-state index contributed by atoms with van der Waals surface area (Å²) in [4.78, 5) is 58.9. The lowest BCUT2D eigenvalue weighted by Gasteiger charge is -2.49. The van der Waals surface area contributed by atoms with Gasteiger partial charge in [0.15, 0.2) is 0 Å². The Kier molecular flexibility index (Phi) is 7.99. The molecule has 0 spiro atoms. The van der Waals surface area contributed by atoms with E-state index in [0.717, 1.165) is 39.8 Å². The molecular formula is C42H35N3O5. The Morgan fingerprint density at radius 3 is 2.16 bits per heavy atom. The molecule has 8 rings (SSSR count). The van der Waals surface area contributed by atoms with E-state index in [9.17, 15) is 24.3 Å². The van der Waals surface area contributed by atoms with E-state index in [0.29, 0.717) is 24.1 Å². The van der Waals surface area contributed by atoms with Crippen LogP contribution in [0.25, 0.3) is 11.1 Å². The molecule has 2 heterocycles. The third-order valence-electron chi connectivity index (χ3n) is 10.3. The number of benzene rings is 5. The summed E-state index contributed by atoms with van der Waals surface area (Å²) in [5, 5.41) is 12.4. The molecule has 0 radical (unpaired) electrons. The summed E-state index contributed by atoms with van der Waals surface area (Å²) in [7, 11) is 0. The first-order valence-corrected chi connectivity index (χ1v) is 16.9. The lowest BCUT2D eigenvalue weighted by Crippen LogP contribution is -2.68. The molecule has 3 unspecified atom stereocenters. The molecule has 248 valence electrons. The van der Waals surface area contributed by atoms with Crippen molar-refractivity contribution in [2.24, 2.45) is 0 Å². The van der Waals surface area contributed by atoms with Crippen molar-refractivity contribution >= 4 is 23.7 Å². The SMILES string of the molecule is O=C(O)c1ccc(CNC(=O)C(c2ccc3c(c2)-c2ccccc2C3)N2C(=O)C3Cc4ccccc4CN3C(=O)C2Cc2ccccc2)cc1. The Balaban J connectivity index is 1.22. The van der Waals surface area contributed by atoms with Crippen molar-refractivity contribution < 1.29 is 24.3 Å². The predicted octanol–water partition coefficient (Wildman–Crippen LogP) is 5.72. The maximum absolute atomic E-state index is 14.9. The number of piperazine rings is 1. The quantitative estimate of drug-likeness (QED) is 0.217. The standard InChI is InChI=1S/C42H35N3O5/c46-39(43-24-27-14-16-28(17-15-27)42(49)50)38(32-19-18-31-21-30-11-6-7-13-34(30)35(31)22-32)45-37(20-26-8-2-1-3-9-26)40(47)44-25-33-12-5-4-10-29(33)23-36(44)41(45)48/h1-19,22,36-38H,20-21,23-25H2,(H,43,46)(H,49,50). The number of amides is 3. The topological polar surface area (TPSA) is 107 Å². The first kappa shape index (κ1) is 31.3. The van der Waals surface area contributed by atoms with E-state index in [-0.39, 0.29) is 30.3 Å². The Labute approximate surface area is 290 Å². The Morgan fingerprint density at radius 1 is 0.720 bits per heavy atom. The van der Waals surface area contributed by atoms with Gasteiger partial charge in [0.2, 0.25) is 17.7 Å². The van der Waals surface area contributed by atoms with Crippen LogP contribution < -0.4 is 5.32 Å². The van der Waals surface area contributed by atoms with Gasteiger partial charge in [0.05, 0.1) is 5.56 Å². The summed E-state index contributed by atoms with van der Waals surface area (Å²) in [6, 6.07) is 35.2. The van der Waals surface area contributed by atoms with Crippen molar-refractivity contribution in [2.45, 2.75) is 50.5 Å². The van der Waals surface area contributed by atoms with E-state index in [1.807, 2.05) is 84.9 Å². The highest BCUT2D eigenvalue weighted by molar-refractivity contribution is 6.01. The minimum atomic E-state index is -1.10. The fourth-order valence-corrected chi connectivity index (χ4v) is 7.74. The molecular weight excluding hydrogens is 626 g/mol. The second-order valence-corrected chi connectivity index (χ2v) is 13.3. The highest BCUT2D eigenvalue weighted by Gasteiger charge is 2.51. The number of nitrogens with one attached hydrogen (secondary N) is 1. The third kappa shape index (κ3) is 5.62. The first-order chi connectivity index (χ1) is 24.4. The van der Waals surface area contributed by atoms with Crippen LogP contribution in [0.15, 0.2) is 121 Å². The molecule has 3 amide bonds. The maximum Gasteiger partial charge on any atom is 0.335 e. The maximum atomic E-state index is 14.9. The van der Waals surface area contributed by atoms with Crippen LogP contribution in [0, 0.1) is 0 Å². The van der Waals surface area contributed by atoms with E-state index >= 15 is 0 Å². The Hall–Kier alpha value is -6.02. The molecule has 1 saturated heterocycles. The molecule has 3 atom stereocenters. The van der Waals surface area contributed by atoms with E-state index in [4.69, 9.17) is 0 Å². The summed E-state index contributed by atoms with van der Waals surface area (Å²) in [5.41, 5.74) is 8.88. The second-order valence-electron chi connectivity index (χ2n) is 13.3. The van der Waals surface area contributed by atoms with Gasteiger partial charge in [-0.1, -0.05) is 103 Å². The number of carboxylic acids is 1. The molecule has 5 aromatic carbocycles. The van der Waals surface area contributed by atoms with E-state index < -0.39 is 30.0 Å². The van der Waals surface area contributed by atoms with E-state index in [1.165, 1.54) is 17.7 Å². The largest absolute Gasteiger partial charge is 0.478 e. The number of nitrogens with zero attached hydrogens (tertiary/aromatic N) is 2. The first-order valence-electron chi connectivity index (χ1n) is 16.9. The smallest absolute Gasteiger partial charge is 0.335 e. The lowest BCUT2D eigenvalue weighted by molar-refractivity contribution is -0.168. The summed E-state index contributed by atoms with van der Waals surface area (Å²) >= 11 is 0. The minimum Gasteiger partial charge on any atom is -0.478 e. The number of aromatic carboxylic acids is 1. The van der Waals surface area contributed by atoms with Gasteiger partial charge in [-0.15, -0.1) is 0 Å². The van der Waals surface area contributed by atoms with Gasteiger partial charge in [-0.25, -0.2) is 4.79 Å². The fraction of sp³-hybridized carbons (Fsp3) is 0.190. The number of rotatable bonds is 8. The molecule has 8 nitrogen and oxygen atoms in total. The van der Waals surface area contributed by atoms with Crippen LogP contribution in [0.2, 0.25) is 0 Å². The molecule has 3 aliphatic rings. The van der Waals surface area contributed by atoms with Gasteiger partial charge in [-0.05, 0) is 74.7 Å². The molecule has 5 aromatic rings. The number of carbonyl (C=O) groups is 4. The number of hydrogen-bond donors (Lipinski definition) is 2. The molecule has 2 N–H and O–H groups in total. The number of fused-ring (bicyclic) bond motifs is 5. The molecule has 0 aromatic heterocycles. The molecule has 2 aliphatic heterocycles. The molecule has 1 fully saturated rings. The van der Waals surface area contributed by atoms with Gasteiger partial charge in [0, 0.05) is 25.9 Å². The van der Waals surface area contributed by atoms with Crippen molar-refractivity contribution in [3.8, 4) is 11.1 Å². The monoisotopic (exact) mass is 661 g/mol. The highest BCUT2D eigenvalue weighted by atomic mass is 16.4. The van der Waals surface area contributed by atoms with Crippen molar-refractivity contribution in [2.75, 3.05) is 0 Å². The van der Waals surface area contributed by atoms with Crippen LogP contribution in [0.1, 0.15) is 55.3 Å². The fourth-order valence-electron chi connectivity index (χ4n) is 7.74. The molecule has 8 heteroatoms. The van der Waals surface area contributed by atoms with Gasteiger partial charge in [0.25, 0.3) is 0 Å². The number of carbonyl (C=O) groups excluding carboxylic acids is 3. The highest BCUT2D eigenvalue weighted by Crippen LogP contribution is 2.41. The second kappa shape index (κ2) is 12.8. The summed E-state index contributed by atoms with van der Waals surface area (Å²) in [5.74, 6) is -1.88. The summed E-state index contributed by atoms with van der Waals surface area (Å²) in [6.07, 6.45) is 1.41. The third-order valence-corrected chi connectivity index (χ3v) is 10.3. The van der Waals surface area contributed by atoms with Crippen molar-refractivity contribution in [1.29, 1.82) is 0 Å². The van der Waals surface area contributed by atoms with Gasteiger partial charge < -0.3 is 20.2 Å². The lowest BCUT2D eigenvalue weighted by atomic mass is 9.86. The average Bonchev–Trinajstić information content (AvgIpc) is 3.52. The summed E-state index contributed by atoms with van der Waals surface area (Å²) in [6.45, 7) is 0.453. The van der Waals surface area contributed by atoms with E-state index in [2.05, 4.69) is 17.4 Å².